The zero-order valence-electron chi connectivity index (χ0n) is 17.7. The number of halogens is 1. The minimum Gasteiger partial charge on any atom is -0.489 e. The molecule has 2 N–H and O–H groups in total. The maximum Gasteiger partial charge on any atom is 0.233 e. The molecule has 3 heterocycles. The Balaban J connectivity index is 1.56. The summed E-state index contributed by atoms with van der Waals surface area (Å²) in [5.41, 5.74) is 4.08. The van der Waals surface area contributed by atoms with Gasteiger partial charge in [-0.3, -0.25) is 4.90 Å². The Morgan fingerprint density at radius 3 is 2.81 bits per heavy atom. The van der Waals surface area contributed by atoms with Crippen molar-refractivity contribution in [2.75, 3.05) is 19.7 Å². The highest BCUT2D eigenvalue weighted by Crippen LogP contribution is 2.34. The number of β-amino-alcohol motifs (C(OH)–C–C–N with tert-alkyl or cyclic N) is 1. The third kappa shape index (κ3) is 4.75. The van der Waals surface area contributed by atoms with Gasteiger partial charge in [0.25, 0.3) is 0 Å². The van der Waals surface area contributed by atoms with Crippen LogP contribution < -0.4 is 4.74 Å². The van der Waals surface area contributed by atoms with Crippen molar-refractivity contribution in [1.82, 2.24) is 24.9 Å². The molecule has 4 rings (SSSR count). The fraction of sp³-hybridized carbons (Fsp3) is 0.476. The molecule has 1 aliphatic rings. The van der Waals surface area contributed by atoms with Crippen LogP contribution in [0.15, 0.2) is 18.2 Å². The average Bonchev–Trinajstić information content (AvgIpc) is 3.34. The van der Waals surface area contributed by atoms with Gasteiger partial charge in [0.1, 0.15) is 10.8 Å². The Hall–Kier alpha value is -2.04. The predicted molar refractivity (Wildman–Crippen MR) is 120 cm³/mol. The fourth-order valence-corrected chi connectivity index (χ4v) is 4.74. The number of nitrogens with zero attached hydrogens (tertiary/aromatic N) is 5. The van der Waals surface area contributed by atoms with E-state index in [-0.39, 0.29) is 12.7 Å². The SMILES string of the molecule is Cc1c2c(nn1-c1nnc(-c3ccc(OC(C)C)c(Cl)c3)s1)CCN(C[C@H](O)CO)C2. The van der Waals surface area contributed by atoms with E-state index >= 15 is 0 Å². The highest BCUT2D eigenvalue weighted by atomic mass is 35.5. The quantitative estimate of drug-likeness (QED) is 0.556. The molecule has 1 aliphatic heterocycles. The van der Waals surface area contributed by atoms with Crippen LogP contribution in [0.25, 0.3) is 15.7 Å². The van der Waals surface area contributed by atoms with Crippen molar-refractivity contribution in [2.45, 2.75) is 45.9 Å². The van der Waals surface area contributed by atoms with Crippen LogP contribution in [0.4, 0.5) is 0 Å². The second kappa shape index (κ2) is 9.22. The van der Waals surface area contributed by atoms with Crippen LogP contribution >= 0.6 is 22.9 Å². The maximum absolute atomic E-state index is 9.75. The highest BCUT2D eigenvalue weighted by molar-refractivity contribution is 7.17. The standard InChI is InChI=1S/C21H26ClN5O3S/c1-12(2)30-19-5-4-14(8-17(19)22)20-23-24-21(31-20)27-13(3)16-10-26(9-15(29)11-28)7-6-18(16)25-27/h4-5,8,12,15,28-29H,6-7,9-11H2,1-3H3/t15-/m0/s1. The van der Waals surface area contributed by atoms with Gasteiger partial charge in [0, 0.05) is 42.9 Å². The number of rotatable bonds is 7. The van der Waals surface area contributed by atoms with E-state index in [1.54, 1.807) is 0 Å². The molecule has 1 atom stereocenters. The predicted octanol–water partition coefficient (Wildman–Crippen LogP) is 2.85. The van der Waals surface area contributed by atoms with Crippen molar-refractivity contribution in [2.24, 2.45) is 0 Å². The lowest BCUT2D eigenvalue weighted by Crippen LogP contribution is -2.37. The normalized spacial score (nSPS) is 15.3. The number of hydrogen-bond acceptors (Lipinski definition) is 8. The molecule has 0 bridgehead atoms. The number of ether oxygens (including phenoxy) is 1. The minimum atomic E-state index is -0.730. The lowest BCUT2D eigenvalue weighted by molar-refractivity contribution is 0.0549. The van der Waals surface area contributed by atoms with Crippen molar-refractivity contribution in [3.63, 3.8) is 0 Å². The summed E-state index contributed by atoms with van der Waals surface area (Å²) >= 11 is 7.83. The van der Waals surface area contributed by atoms with E-state index in [0.29, 0.717) is 29.0 Å². The van der Waals surface area contributed by atoms with Crippen LogP contribution in [0.2, 0.25) is 5.02 Å². The molecule has 2 aromatic heterocycles. The molecule has 1 aromatic carbocycles. The summed E-state index contributed by atoms with van der Waals surface area (Å²) in [5.74, 6) is 0.650. The fourth-order valence-electron chi connectivity index (χ4n) is 3.66. The molecular formula is C21H26ClN5O3S. The van der Waals surface area contributed by atoms with Crippen molar-refractivity contribution in [1.29, 1.82) is 0 Å². The Morgan fingerprint density at radius 1 is 1.29 bits per heavy atom. The van der Waals surface area contributed by atoms with Crippen LogP contribution in [0, 0.1) is 6.92 Å². The van der Waals surface area contributed by atoms with E-state index < -0.39 is 6.10 Å². The monoisotopic (exact) mass is 463 g/mol. The van der Waals surface area contributed by atoms with Crippen molar-refractivity contribution < 1.29 is 14.9 Å². The Bertz CT molecular complexity index is 1070. The summed E-state index contributed by atoms with van der Waals surface area (Å²) < 4.78 is 7.54. The molecule has 0 fully saturated rings. The molecule has 8 nitrogen and oxygen atoms in total. The van der Waals surface area contributed by atoms with Gasteiger partial charge < -0.3 is 14.9 Å². The second-order valence-corrected chi connectivity index (χ2v) is 9.31. The lowest BCUT2D eigenvalue weighted by atomic mass is 10.1. The summed E-state index contributed by atoms with van der Waals surface area (Å²) in [5, 5.41) is 34.3. The van der Waals surface area contributed by atoms with Crippen molar-refractivity contribution in [3.8, 4) is 21.5 Å². The summed E-state index contributed by atoms with van der Waals surface area (Å²) in [6, 6.07) is 5.63. The number of hydrogen-bond donors (Lipinski definition) is 2. The Morgan fingerprint density at radius 2 is 2.10 bits per heavy atom. The smallest absolute Gasteiger partial charge is 0.233 e. The van der Waals surface area contributed by atoms with Gasteiger partial charge in [-0.1, -0.05) is 22.9 Å². The van der Waals surface area contributed by atoms with Gasteiger partial charge in [-0.25, -0.2) is 4.68 Å². The first-order valence-electron chi connectivity index (χ1n) is 10.2. The zero-order valence-corrected chi connectivity index (χ0v) is 19.3. The molecule has 0 radical (unpaired) electrons. The van der Waals surface area contributed by atoms with Gasteiger partial charge in [0.2, 0.25) is 5.13 Å². The second-order valence-electron chi connectivity index (χ2n) is 7.95. The summed E-state index contributed by atoms with van der Waals surface area (Å²) in [6.07, 6.45) is 0.111. The van der Waals surface area contributed by atoms with Crippen LogP contribution in [0.3, 0.4) is 0 Å². The van der Waals surface area contributed by atoms with Crippen LogP contribution in [-0.2, 0) is 13.0 Å². The first kappa shape index (κ1) is 22.2. The zero-order chi connectivity index (χ0) is 22.1. The topological polar surface area (TPSA) is 96.5 Å². The number of fused-ring (bicyclic) bond motifs is 1. The minimum absolute atomic E-state index is 0.0492. The van der Waals surface area contributed by atoms with E-state index in [1.807, 2.05) is 43.7 Å². The van der Waals surface area contributed by atoms with E-state index in [2.05, 4.69) is 15.1 Å². The number of aliphatic hydroxyl groups is 2. The number of aromatic nitrogens is 4. The van der Waals surface area contributed by atoms with E-state index in [4.69, 9.17) is 26.5 Å². The number of aliphatic hydroxyl groups excluding tert-OH is 2. The third-order valence-electron chi connectivity index (χ3n) is 5.19. The molecule has 0 saturated heterocycles. The largest absolute Gasteiger partial charge is 0.489 e. The van der Waals surface area contributed by atoms with Crippen LogP contribution in [0.1, 0.15) is 30.8 Å². The molecular weight excluding hydrogens is 438 g/mol. The summed E-state index contributed by atoms with van der Waals surface area (Å²) in [7, 11) is 0. The van der Waals surface area contributed by atoms with Crippen molar-refractivity contribution >= 4 is 22.9 Å². The van der Waals surface area contributed by atoms with Gasteiger partial charge in [-0.2, -0.15) is 5.10 Å². The molecule has 166 valence electrons. The van der Waals surface area contributed by atoms with Crippen molar-refractivity contribution in [3.05, 3.63) is 40.2 Å². The Kier molecular flexibility index (Phi) is 6.59. The lowest BCUT2D eigenvalue weighted by Gasteiger charge is -2.27. The van der Waals surface area contributed by atoms with Gasteiger partial charge >= 0.3 is 0 Å². The molecule has 0 amide bonds. The summed E-state index contributed by atoms with van der Waals surface area (Å²) in [4.78, 5) is 2.14. The first-order chi connectivity index (χ1) is 14.9. The van der Waals surface area contributed by atoms with Crippen LogP contribution in [-0.4, -0.2) is 67.0 Å². The molecule has 0 aliphatic carbocycles. The molecule has 3 aromatic rings. The summed E-state index contributed by atoms with van der Waals surface area (Å²) in [6.45, 7) is 7.64. The van der Waals surface area contributed by atoms with Gasteiger partial charge in [0.15, 0.2) is 0 Å². The average molecular weight is 464 g/mol. The molecule has 0 spiro atoms. The van der Waals surface area contributed by atoms with E-state index in [9.17, 15) is 5.11 Å². The molecule has 10 heteroatoms. The van der Waals surface area contributed by atoms with Crippen LogP contribution in [0.5, 0.6) is 5.75 Å². The van der Waals surface area contributed by atoms with Gasteiger partial charge in [-0.05, 0) is 39.0 Å². The molecule has 31 heavy (non-hydrogen) atoms. The van der Waals surface area contributed by atoms with E-state index in [1.165, 1.54) is 11.3 Å². The third-order valence-corrected chi connectivity index (χ3v) is 6.43. The van der Waals surface area contributed by atoms with E-state index in [0.717, 1.165) is 40.5 Å². The maximum atomic E-state index is 9.75. The molecule has 0 unspecified atom stereocenters. The molecule has 0 saturated carbocycles. The first-order valence-corrected chi connectivity index (χ1v) is 11.4. The van der Waals surface area contributed by atoms with Gasteiger partial charge in [0.05, 0.1) is 29.5 Å². The highest BCUT2D eigenvalue weighted by Gasteiger charge is 2.25. The van der Waals surface area contributed by atoms with Gasteiger partial charge in [-0.15, -0.1) is 10.2 Å². The Labute approximate surface area is 190 Å². The number of benzene rings is 1.